The molecule has 1 heterocycles. The van der Waals surface area contributed by atoms with Crippen LogP contribution in [-0.4, -0.2) is 49.2 Å². The number of esters is 1. The highest BCUT2D eigenvalue weighted by Crippen LogP contribution is 2.32. The van der Waals surface area contributed by atoms with E-state index in [2.05, 4.69) is 24.1 Å². The summed E-state index contributed by atoms with van der Waals surface area (Å²) in [6.07, 6.45) is 5.59. The molecule has 1 aliphatic heterocycles. The Balaban J connectivity index is 1.81. The highest BCUT2D eigenvalue weighted by Gasteiger charge is 2.36. The minimum Gasteiger partial charge on any atom is -0.466 e. The fourth-order valence-corrected chi connectivity index (χ4v) is 3.31. The number of carbonyl (C=O) groups is 1. The molecule has 0 aromatic carbocycles. The molecule has 1 N–H and O–H groups in total. The molecule has 21 heavy (non-hydrogen) atoms. The average molecular weight is 296 g/mol. The summed E-state index contributed by atoms with van der Waals surface area (Å²) in [6, 6.07) is 1.32. The highest BCUT2D eigenvalue weighted by atomic mass is 16.5. The lowest BCUT2D eigenvalue weighted by Crippen LogP contribution is -2.50. The summed E-state index contributed by atoms with van der Waals surface area (Å²) in [7, 11) is 0. The predicted octanol–water partition coefficient (Wildman–Crippen LogP) is 2.43. The molecule has 0 aromatic heterocycles. The van der Waals surface area contributed by atoms with Crippen LogP contribution in [0.5, 0.6) is 0 Å². The molecule has 4 nitrogen and oxygen atoms in total. The van der Waals surface area contributed by atoms with Crippen LogP contribution in [0, 0.1) is 11.8 Å². The van der Waals surface area contributed by atoms with Gasteiger partial charge >= 0.3 is 5.97 Å². The normalized spacial score (nSPS) is 27.0. The number of nitrogens with zero attached hydrogens (tertiary/aromatic N) is 1. The zero-order chi connectivity index (χ0) is 15.2. The van der Waals surface area contributed by atoms with Crippen molar-refractivity contribution in [3.05, 3.63) is 0 Å². The topological polar surface area (TPSA) is 41.6 Å². The standard InChI is InChI=1S/C17H32N2O2/c1-4-21-17(20)10-14-9-15(18-8-7-13(2)3)12-19(11-14)16-5-6-16/h13-16,18H,4-12H2,1-3H3. The van der Waals surface area contributed by atoms with Crippen LogP contribution in [0.2, 0.25) is 0 Å². The molecule has 0 aromatic rings. The van der Waals surface area contributed by atoms with Crippen LogP contribution in [-0.2, 0) is 9.53 Å². The van der Waals surface area contributed by atoms with Crippen LogP contribution in [0.4, 0.5) is 0 Å². The Bertz CT molecular complexity index is 329. The molecule has 1 saturated heterocycles. The van der Waals surface area contributed by atoms with Gasteiger partial charge in [-0.2, -0.15) is 0 Å². The minimum absolute atomic E-state index is 0.0268. The van der Waals surface area contributed by atoms with E-state index >= 15 is 0 Å². The monoisotopic (exact) mass is 296 g/mol. The Morgan fingerprint density at radius 3 is 2.71 bits per heavy atom. The molecule has 1 aliphatic carbocycles. The van der Waals surface area contributed by atoms with E-state index < -0.39 is 0 Å². The molecule has 2 fully saturated rings. The van der Waals surface area contributed by atoms with Gasteiger partial charge in [-0.1, -0.05) is 13.8 Å². The number of ether oxygens (including phenoxy) is 1. The fraction of sp³-hybridized carbons (Fsp3) is 0.941. The Labute approximate surface area is 129 Å². The van der Waals surface area contributed by atoms with Crippen LogP contribution >= 0.6 is 0 Å². The molecule has 122 valence electrons. The van der Waals surface area contributed by atoms with E-state index in [0.717, 1.165) is 38.0 Å². The molecule has 4 heteroatoms. The van der Waals surface area contributed by atoms with Gasteiger partial charge in [0.1, 0.15) is 0 Å². The van der Waals surface area contributed by atoms with Crippen molar-refractivity contribution >= 4 is 5.97 Å². The second-order valence-electron chi connectivity index (χ2n) is 7.13. The summed E-state index contributed by atoms with van der Waals surface area (Å²) in [4.78, 5) is 14.3. The molecule has 0 radical (unpaired) electrons. The number of hydrogen-bond acceptors (Lipinski definition) is 4. The first-order valence-electron chi connectivity index (χ1n) is 8.71. The Hall–Kier alpha value is -0.610. The van der Waals surface area contributed by atoms with Crippen molar-refractivity contribution in [1.29, 1.82) is 0 Å². The number of likely N-dealkylation sites (tertiary alicyclic amines) is 1. The molecule has 2 atom stereocenters. The van der Waals surface area contributed by atoms with E-state index in [0.29, 0.717) is 25.0 Å². The van der Waals surface area contributed by atoms with E-state index in [1.54, 1.807) is 0 Å². The summed E-state index contributed by atoms with van der Waals surface area (Å²) in [5.74, 6) is 1.17. The van der Waals surface area contributed by atoms with Crippen LogP contribution in [0.25, 0.3) is 0 Å². The lowest BCUT2D eigenvalue weighted by molar-refractivity contribution is -0.144. The number of hydrogen-bond donors (Lipinski definition) is 1. The average Bonchev–Trinajstić information content (AvgIpc) is 3.22. The molecule has 0 amide bonds. The number of piperidine rings is 1. The lowest BCUT2D eigenvalue weighted by Gasteiger charge is -2.38. The minimum atomic E-state index is -0.0268. The van der Waals surface area contributed by atoms with E-state index in [9.17, 15) is 4.79 Å². The first kappa shape index (κ1) is 16.8. The van der Waals surface area contributed by atoms with Gasteiger partial charge in [0.15, 0.2) is 0 Å². The summed E-state index contributed by atoms with van der Waals surface area (Å²) < 4.78 is 5.13. The van der Waals surface area contributed by atoms with Gasteiger partial charge in [-0.3, -0.25) is 9.69 Å². The SMILES string of the molecule is CCOC(=O)CC1CC(NCCC(C)C)CN(C2CC2)C1. The third-order valence-corrected chi connectivity index (χ3v) is 4.54. The Kier molecular flexibility index (Phi) is 6.49. The number of carbonyl (C=O) groups excluding carboxylic acids is 1. The highest BCUT2D eigenvalue weighted by molar-refractivity contribution is 5.69. The molecule has 2 unspecified atom stereocenters. The second kappa shape index (κ2) is 8.14. The van der Waals surface area contributed by atoms with Gasteiger partial charge in [0, 0.05) is 31.6 Å². The summed E-state index contributed by atoms with van der Waals surface area (Å²) >= 11 is 0. The third-order valence-electron chi connectivity index (χ3n) is 4.54. The maximum atomic E-state index is 11.8. The molecule has 0 spiro atoms. The van der Waals surface area contributed by atoms with E-state index in [1.807, 2.05) is 6.92 Å². The van der Waals surface area contributed by atoms with E-state index in [4.69, 9.17) is 4.74 Å². The maximum absolute atomic E-state index is 11.8. The van der Waals surface area contributed by atoms with Crippen LogP contribution in [0.3, 0.4) is 0 Å². The summed E-state index contributed by atoms with van der Waals surface area (Å²) in [5, 5.41) is 3.71. The summed E-state index contributed by atoms with van der Waals surface area (Å²) in [6.45, 7) is 10.2. The Morgan fingerprint density at radius 2 is 2.10 bits per heavy atom. The molecule has 0 bridgehead atoms. The van der Waals surface area contributed by atoms with Crippen molar-refractivity contribution in [2.45, 2.75) is 65.0 Å². The van der Waals surface area contributed by atoms with Crippen molar-refractivity contribution in [2.75, 3.05) is 26.2 Å². The van der Waals surface area contributed by atoms with Gasteiger partial charge in [-0.25, -0.2) is 0 Å². The van der Waals surface area contributed by atoms with Gasteiger partial charge in [-0.15, -0.1) is 0 Å². The van der Waals surface area contributed by atoms with E-state index in [-0.39, 0.29) is 5.97 Å². The molecular formula is C17H32N2O2. The molecule has 2 rings (SSSR count). The third kappa shape index (κ3) is 5.95. The summed E-state index contributed by atoms with van der Waals surface area (Å²) in [5.41, 5.74) is 0. The first-order valence-corrected chi connectivity index (χ1v) is 8.71. The van der Waals surface area contributed by atoms with Gasteiger partial charge in [0.25, 0.3) is 0 Å². The molecule has 1 saturated carbocycles. The smallest absolute Gasteiger partial charge is 0.306 e. The largest absolute Gasteiger partial charge is 0.466 e. The van der Waals surface area contributed by atoms with Crippen LogP contribution in [0.15, 0.2) is 0 Å². The van der Waals surface area contributed by atoms with Gasteiger partial charge in [-0.05, 0) is 51.0 Å². The van der Waals surface area contributed by atoms with Gasteiger partial charge in [0.05, 0.1) is 6.61 Å². The van der Waals surface area contributed by atoms with Gasteiger partial charge in [0.2, 0.25) is 0 Å². The maximum Gasteiger partial charge on any atom is 0.306 e. The quantitative estimate of drug-likeness (QED) is 0.699. The van der Waals surface area contributed by atoms with Gasteiger partial charge < -0.3 is 10.1 Å². The van der Waals surface area contributed by atoms with Crippen molar-refractivity contribution in [3.8, 4) is 0 Å². The lowest BCUT2D eigenvalue weighted by atomic mass is 9.91. The molecule has 2 aliphatic rings. The van der Waals surface area contributed by atoms with Crippen LogP contribution < -0.4 is 5.32 Å². The zero-order valence-corrected chi connectivity index (χ0v) is 13.9. The van der Waals surface area contributed by atoms with E-state index in [1.165, 1.54) is 19.3 Å². The number of rotatable bonds is 8. The van der Waals surface area contributed by atoms with Crippen molar-refractivity contribution < 1.29 is 9.53 Å². The number of nitrogens with one attached hydrogen (secondary N) is 1. The van der Waals surface area contributed by atoms with Crippen molar-refractivity contribution in [2.24, 2.45) is 11.8 Å². The van der Waals surface area contributed by atoms with Crippen LogP contribution in [0.1, 0.15) is 52.9 Å². The predicted molar refractivity (Wildman–Crippen MR) is 85.2 cm³/mol. The Morgan fingerprint density at radius 1 is 1.33 bits per heavy atom. The molecular weight excluding hydrogens is 264 g/mol. The fourth-order valence-electron chi connectivity index (χ4n) is 3.31. The first-order chi connectivity index (χ1) is 10.1. The van der Waals surface area contributed by atoms with Crippen molar-refractivity contribution in [3.63, 3.8) is 0 Å². The van der Waals surface area contributed by atoms with Crippen molar-refractivity contribution in [1.82, 2.24) is 10.2 Å². The zero-order valence-electron chi connectivity index (χ0n) is 13.9. The second-order valence-corrected chi connectivity index (χ2v) is 7.13.